The molecule has 1 aromatic heterocycles. The highest BCUT2D eigenvalue weighted by atomic mass is 32.2. The summed E-state index contributed by atoms with van der Waals surface area (Å²) in [5.74, 6) is -1.15. The number of fused-ring (bicyclic) bond motifs is 1. The number of nitrogens with one attached hydrogen (secondary N) is 1. The zero-order chi connectivity index (χ0) is 20.4. The van der Waals surface area contributed by atoms with Gasteiger partial charge in [-0.25, -0.2) is 9.78 Å². The average Bonchev–Trinajstić information content (AvgIpc) is 3.07. The summed E-state index contributed by atoms with van der Waals surface area (Å²) in [6.45, 7) is 0.0930. The van der Waals surface area contributed by atoms with Crippen LogP contribution in [-0.4, -0.2) is 74.8 Å². The topological polar surface area (TPSA) is 177 Å². The van der Waals surface area contributed by atoms with Crippen LogP contribution in [0.4, 0.5) is 9.93 Å². The number of anilines is 1. The number of aromatic nitrogens is 1. The van der Waals surface area contributed by atoms with E-state index in [4.69, 9.17) is 25.5 Å². The van der Waals surface area contributed by atoms with Crippen LogP contribution in [0.3, 0.4) is 0 Å². The molecule has 150 valence electrons. The van der Waals surface area contributed by atoms with Crippen LogP contribution in [-0.2, 0) is 19.1 Å². The number of hydrogen-bond acceptors (Lipinski definition) is 11. The lowest BCUT2D eigenvalue weighted by Gasteiger charge is -2.49. The van der Waals surface area contributed by atoms with Crippen molar-refractivity contribution in [2.75, 3.05) is 25.2 Å². The van der Waals surface area contributed by atoms with E-state index < -0.39 is 35.1 Å². The normalized spacial score (nSPS) is 21.8. The minimum atomic E-state index is -1.56. The molecule has 1 unspecified atom stereocenters. The summed E-state index contributed by atoms with van der Waals surface area (Å²) in [5.41, 5.74) is 5.69. The first-order valence-corrected chi connectivity index (χ1v) is 9.61. The van der Waals surface area contributed by atoms with Crippen molar-refractivity contribution in [2.45, 2.75) is 11.4 Å². The van der Waals surface area contributed by atoms with E-state index in [1.807, 2.05) is 0 Å². The fourth-order valence-electron chi connectivity index (χ4n) is 2.70. The van der Waals surface area contributed by atoms with Crippen molar-refractivity contribution in [1.29, 1.82) is 0 Å². The second-order valence-electron chi connectivity index (χ2n) is 5.59. The van der Waals surface area contributed by atoms with E-state index in [0.717, 1.165) is 16.2 Å². The molecular formula is C14H15N5O7S2. The Bertz CT molecular complexity index is 883. The SMILES string of the molecule is COCC1=C(OC(=O)O)N2C(=O)C(NC(=O)C(=NO)c3csc(N)n3)[C@@H]2SC1. The summed E-state index contributed by atoms with van der Waals surface area (Å²) in [4.78, 5) is 41.0. The van der Waals surface area contributed by atoms with Crippen LogP contribution < -0.4 is 11.1 Å². The van der Waals surface area contributed by atoms with Gasteiger partial charge in [-0.15, -0.1) is 23.1 Å². The van der Waals surface area contributed by atoms with Gasteiger partial charge in [-0.1, -0.05) is 5.16 Å². The number of amides is 2. The molecule has 2 atom stereocenters. The van der Waals surface area contributed by atoms with Crippen molar-refractivity contribution in [3.8, 4) is 0 Å². The first kappa shape index (κ1) is 19.9. The highest BCUT2D eigenvalue weighted by molar-refractivity contribution is 8.00. The summed E-state index contributed by atoms with van der Waals surface area (Å²) in [5, 5.41) is 24.5. The van der Waals surface area contributed by atoms with E-state index in [1.54, 1.807) is 0 Å². The Morgan fingerprint density at radius 3 is 2.86 bits per heavy atom. The molecule has 0 radical (unpaired) electrons. The number of β-lactam (4-membered cyclic amide) rings is 1. The minimum absolute atomic E-state index is 0.0691. The zero-order valence-electron chi connectivity index (χ0n) is 14.3. The number of nitrogen functional groups attached to an aromatic ring is 1. The van der Waals surface area contributed by atoms with Crippen molar-refractivity contribution in [2.24, 2.45) is 5.16 Å². The number of methoxy groups -OCH3 is 1. The molecule has 3 heterocycles. The van der Waals surface area contributed by atoms with Gasteiger partial charge >= 0.3 is 6.16 Å². The van der Waals surface area contributed by atoms with Gasteiger partial charge in [0.25, 0.3) is 11.8 Å². The van der Waals surface area contributed by atoms with Gasteiger partial charge in [0, 0.05) is 23.8 Å². The number of nitrogens with two attached hydrogens (primary N) is 1. The number of thioether (sulfide) groups is 1. The smallest absolute Gasteiger partial charge is 0.449 e. The van der Waals surface area contributed by atoms with Crippen molar-refractivity contribution >= 4 is 51.9 Å². The van der Waals surface area contributed by atoms with E-state index in [0.29, 0.717) is 11.3 Å². The largest absolute Gasteiger partial charge is 0.512 e. The maximum absolute atomic E-state index is 12.5. The molecule has 28 heavy (non-hydrogen) atoms. The number of oxime groups is 1. The fourth-order valence-corrected chi connectivity index (χ4v) is 4.55. The molecule has 0 saturated carbocycles. The number of hydrogen-bond donors (Lipinski definition) is 4. The third kappa shape index (κ3) is 3.61. The summed E-state index contributed by atoms with van der Waals surface area (Å²) in [7, 11) is 1.43. The third-order valence-corrected chi connectivity index (χ3v) is 5.88. The highest BCUT2D eigenvalue weighted by Gasteiger charge is 2.54. The van der Waals surface area contributed by atoms with Crippen molar-refractivity contribution in [1.82, 2.24) is 15.2 Å². The number of thiazole rings is 1. The molecule has 0 aliphatic carbocycles. The van der Waals surface area contributed by atoms with Crippen LogP contribution in [0.15, 0.2) is 22.0 Å². The Kier molecular flexibility index (Phi) is 5.71. The van der Waals surface area contributed by atoms with Gasteiger partial charge in [-0.05, 0) is 0 Å². The summed E-state index contributed by atoms with van der Waals surface area (Å²) < 4.78 is 9.78. The monoisotopic (exact) mass is 429 g/mol. The van der Waals surface area contributed by atoms with E-state index >= 15 is 0 Å². The summed E-state index contributed by atoms with van der Waals surface area (Å²) in [6.07, 6.45) is -1.56. The third-order valence-electron chi connectivity index (χ3n) is 3.86. The zero-order valence-corrected chi connectivity index (χ0v) is 16.0. The summed E-state index contributed by atoms with van der Waals surface area (Å²) in [6, 6.07) is -0.957. The molecule has 3 rings (SSSR count). The number of carbonyl (C=O) groups excluding carboxylic acids is 2. The Labute approximate surface area is 166 Å². The van der Waals surface area contributed by atoms with E-state index in [1.165, 1.54) is 24.3 Å². The Morgan fingerprint density at radius 2 is 2.29 bits per heavy atom. The highest BCUT2D eigenvalue weighted by Crippen LogP contribution is 2.40. The van der Waals surface area contributed by atoms with Crippen molar-refractivity contribution < 1.29 is 34.2 Å². The van der Waals surface area contributed by atoms with Crippen LogP contribution >= 0.6 is 23.1 Å². The lowest BCUT2D eigenvalue weighted by atomic mass is 10.1. The number of rotatable bonds is 6. The number of carboxylic acid groups (broad SMARTS) is 1. The van der Waals surface area contributed by atoms with Crippen LogP contribution in [0.1, 0.15) is 5.69 Å². The van der Waals surface area contributed by atoms with Gasteiger partial charge in [0.2, 0.25) is 5.88 Å². The molecule has 0 aromatic carbocycles. The molecule has 2 aliphatic heterocycles. The van der Waals surface area contributed by atoms with Crippen LogP contribution in [0, 0.1) is 0 Å². The van der Waals surface area contributed by atoms with E-state index in [9.17, 15) is 14.4 Å². The van der Waals surface area contributed by atoms with Crippen LogP contribution in [0.25, 0.3) is 0 Å². The predicted octanol–water partition coefficient (Wildman–Crippen LogP) is -0.144. The number of ether oxygens (including phenoxy) is 2. The molecule has 12 nitrogen and oxygen atoms in total. The molecule has 5 N–H and O–H groups in total. The number of nitrogens with zero attached hydrogens (tertiary/aromatic N) is 3. The molecule has 1 saturated heterocycles. The second kappa shape index (κ2) is 8.04. The van der Waals surface area contributed by atoms with Gasteiger partial charge in [-0.3, -0.25) is 14.5 Å². The maximum Gasteiger partial charge on any atom is 0.512 e. The quantitative estimate of drug-likeness (QED) is 0.156. The minimum Gasteiger partial charge on any atom is -0.449 e. The lowest BCUT2D eigenvalue weighted by molar-refractivity contribution is -0.148. The Balaban J connectivity index is 1.76. The van der Waals surface area contributed by atoms with Gasteiger partial charge in [0.05, 0.1) is 6.61 Å². The Hall–Kier alpha value is -2.84. The molecule has 1 fully saturated rings. The van der Waals surface area contributed by atoms with Gasteiger partial charge in [0.15, 0.2) is 10.8 Å². The number of carbonyl (C=O) groups is 3. The Morgan fingerprint density at radius 1 is 1.54 bits per heavy atom. The maximum atomic E-state index is 12.5. The molecule has 1 aromatic rings. The second-order valence-corrected chi connectivity index (χ2v) is 7.58. The first-order valence-electron chi connectivity index (χ1n) is 7.68. The average molecular weight is 429 g/mol. The van der Waals surface area contributed by atoms with Gasteiger partial charge in [0.1, 0.15) is 17.1 Å². The van der Waals surface area contributed by atoms with E-state index in [2.05, 4.69) is 15.5 Å². The first-order chi connectivity index (χ1) is 13.4. The summed E-state index contributed by atoms with van der Waals surface area (Å²) >= 11 is 2.37. The standard InChI is InChI=1S/C14H15N5O7S2/c1-25-2-5-3-27-12-8(10(21)19(12)11(5)26-14(22)23)17-9(20)7(18-24)6-4-28-13(15)16-6/h4,8,12,24H,2-3H2,1H3,(H2,15,16)(H,17,20)(H,22,23)/t8?,12-/m0/s1. The molecule has 0 spiro atoms. The van der Waals surface area contributed by atoms with Crippen LogP contribution in [0.2, 0.25) is 0 Å². The molecule has 2 amide bonds. The van der Waals surface area contributed by atoms with Crippen LogP contribution in [0.5, 0.6) is 0 Å². The van der Waals surface area contributed by atoms with E-state index in [-0.39, 0.29) is 23.3 Å². The van der Waals surface area contributed by atoms with Crippen molar-refractivity contribution in [3.63, 3.8) is 0 Å². The lowest BCUT2D eigenvalue weighted by Crippen LogP contribution is -2.70. The molecule has 2 aliphatic rings. The molecule has 0 bridgehead atoms. The fraction of sp³-hybridized carbons (Fsp3) is 0.357. The predicted molar refractivity (Wildman–Crippen MR) is 97.9 cm³/mol. The molecule has 14 heteroatoms. The van der Waals surface area contributed by atoms with Gasteiger partial charge in [-0.2, -0.15) is 0 Å². The van der Waals surface area contributed by atoms with Crippen molar-refractivity contribution in [3.05, 3.63) is 22.5 Å². The van der Waals surface area contributed by atoms with Gasteiger partial charge < -0.3 is 30.8 Å². The molecular weight excluding hydrogens is 414 g/mol.